The van der Waals surface area contributed by atoms with Gasteiger partial charge >= 0.3 is 0 Å². The van der Waals surface area contributed by atoms with Crippen LogP contribution in [0.2, 0.25) is 0 Å². The SMILES string of the molecule is CC1=NNC(=O)C1CCNC(=O)C1CCC(C2CCC2)CC1. The van der Waals surface area contributed by atoms with E-state index in [0.717, 1.165) is 30.4 Å². The number of carbonyl (C=O) groups is 2. The van der Waals surface area contributed by atoms with Gasteiger partial charge in [0.25, 0.3) is 0 Å². The second kappa shape index (κ2) is 6.80. The highest BCUT2D eigenvalue weighted by atomic mass is 16.2. The molecule has 2 aliphatic carbocycles. The molecule has 2 saturated carbocycles. The van der Waals surface area contributed by atoms with Crippen molar-refractivity contribution in [1.82, 2.24) is 10.7 Å². The van der Waals surface area contributed by atoms with Crippen LogP contribution in [0.1, 0.15) is 58.3 Å². The van der Waals surface area contributed by atoms with Gasteiger partial charge in [-0.15, -0.1) is 0 Å². The summed E-state index contributed by atoms with van der Waals surface area (Å²) in [5.41, 5.74) is 3.30. The molecule has 0 bridgehead atoms. The maximum absolute atomic E-state index is 12.3. The zero-order chi connectivity index (χ0) is 15.5. The van der Waals surface area contributed by atoms with E-state index in [0.29, 0.717) is 13.0 Å². The molecule has 1 unspecified atom stereocenters. The molecule has 2 fully saturated rings. The van der Waals surface area contributed by atoms with Crippen LogP contribution in [0.15, 0.2) is 5.10 Å². The normalized spacial score (nSPS) is 32.1. The first-order chi connectivity index (χ1) is 10.6. The van der Waals surface area contributed by atoms with Crippen molar-refractivity contribution in [3.8, 4) is 0 Å². The molecule has 5 nitrogen and oxygen atoms in total. The molecule has 2 N–H and O–H groups in total. The van der Waals surface area contributed by atoms with E-state index in [-0.39, 0.29) is 23.7 Å². The molecule has 0 saturated heterocycles. The van der Waals surface area contributed by atoms with Crippen LogP contribution in [0.4, 0.5) is 0 Å². The molecule has 0 aromatic rings. The Hall–Kier alpha value is -1.39. The molecular formula is C17H27N3O2. The lowest BCUT2D eigenvalue weighted by Crippen LogP contribution is -2.37. The van der Waals surface area contributed by atoms with Gasteiger partial charge < -0.3 is 5.32 Å². The minimum Gasteiger partial charge on any atom is -0.356 e. The second-order valence-electron chi connectivity index (χ2n) is 7.16. The summed E-state index contributed by atoms with van der Waals surface area (Å²) in [6, 6.07) is 0. The van der Waals surface area contributed by atoms with Crippen molar-refractivity contribution in [3.05, 3.63) is 0 Å². The van der Waals surface area contributed by atoms with Gasteiger partial charge in [-0.2, -0.15) is 5.10 Å². The molecule has 122 valence electrons. The summed E-state index contributed by atoms with van der Waals surface area (Å²) >= 11 is 0. The van der Waals surface area contributed by atoms with Crippen LogP contribution in [0.25, 0.3) is 0 Å². The smallest absolute Gasteiger partial charge is 0.248 e. The highest BCUT2D eigenvalue weighted by Crippen LogP contribution is 2.42. The highest BCUT2D eigenvalue weighted by molar-refractivity contribution is 6.06. The lowest BCUT2D eigenvalue weighted by atomic mass is 9.68. The van der Waals surface area contributed by atoms with E-state index in [1.807, 2.05) is 6.92 Å². The lowest BCUT2D eigenvalue weighted by molar-refractivity contribution is -0.127. The van der Waals surface area contributed by atoms with E-state index in [9.17, 15) is 9.59 Å². The Kier molecular flexibility index (Phi) is 4.79. The molecule has 0 spiro atoms. The van der Waals surface area contributed by atoms with E-state index < -0.39 is 0 Å². The Labute approximate surface area is 132 Å². The number of hydrazone groups is 1. The van der Waals surface area contributed by atoms with Crippen molar-refractivity contribution in [2.24, 2.45) is 28.8 Å². The third-order valence-corrected chi connectivity index (χ3v) is 5.85. The molecule has 5 heteroatoms. The van der Waals surface area contributed by atoms with Crippen LogP contribution < -0.4 is 10.7 Å². The maximum atomic E-state index is 12.3. The van der Waals surface area contributed by atoms with E-state index in [1.54, 1.807) is 0 Å². The number of nitrogens with one attached hydrogen (secondary N) is 2. The third kappa shape index (κ3) is 3.33. The zero-order valence-electron chi connectivity index (χ0n) is 13.4. The van der Waals surface area contributed by atoms with E-state index in [4.69, 9.17) is 0 Å². The van der Waals surface area contributed by atoms with Crippen LogP contribution in [0, 0.1) is 23.7 Å². The number of amides is 2. The summed E-state index contributed by atoms with van der Waals surface area (Å²) in [7, 11) is 0. The van der Waals surface area contributed by atoms with E-state index >= 15 is 0 Å². The van der Waals surface area contributed by atoms with Gasteiger partial charge in [-0.1, -0.05) is 19.3 Å². The van der Waals surface area contributed by atoms with E-state index in [2.05, 4.69) is 15.8 Å². The summed E-state index contributed by atoms with van der Waals surface area (Å²) < 4.78 is 0. The Morgan fingerprint density at radius 2 is 1.86 bits per heavy atom. The minimum absolute atomic E-state index is 0.0484. The zero-order valence-corrected chi connectivity index (χ0v) is 13.4. The predicted octanol–water partition coefficient (Wildman–Crippen LogP) is 2.22. The number of nitrogens with zero attached hydrogens (tertiary/aromatic N) is 1. The van der Waals surface area contributed by atoms with Crippen molar-refractivity contribution >= 4 is 17.5 Å². The number of rotatable bonds is 5. The molecule has 1 heterocycles. The van der Waals surface area contributed by atoms with Crippen LogP contribution >= 0.6 is 0 Å². The predicted molar refractivity (Wildman–Crippen MR) is 85.2 cm³/mol. The summed E-state index contributed by atoms with van der Waals surface area (Å²) in [5.74, 6) is 1.97. The van der Waals surface area contributed by atoms with Gasteiger partial charge in [-0.05, 0) is 50.9 Å². The summed E-state index contributed by atoms with van der Waals surface area (Å²) in [5, 5.41) is 6.95. The van der Waals surface area contributed by atoms with Crippen molar-refractivity contribution in [1.29, 1.82) is 0 Å². The standard InChI is InChI=1S/C17H27N3O2/c1-11-15(17(22)20-19-11)9-10-18-16(21)14-7-5-13(6-8-14)12-3-2-4-12/h12-15H,2-10H2,1H3,(H,18,21)(H,20,22). The molecule has 1 aliphatic heterocycles. The van der Waals surface area contributed by atoms with Crippen LogP contribution in [-0.4, -0.2) is 24.1 Å². The molecule has 2 amide bonds. The van der Waals surface area contributed by atoms with Gasteiger partial charge in [0, 0.05) is 18.2 Å². The van der Waals surface area contributed by atoms with Crippen molar-refractivity contribution < 1.29 is 9.59 Å². The first-order valence-electron chi connectivity index (χ1n) is 8.77. The Balaban J connectivity index is 1.36. The summed E-state index contributed by atoms with van der Waals surface area (Å²) in [6.07, 6.45) is 9.39. The van der Waals surface area contributed by atoms with Gasteiger partial charge in [-0.3, -0.25) is 9.59 Å². The molecule has 1 atom stereocenters. The Morgan fingerprint density at radius 1 is 1.18 bits per heavy atom. The van der Waals surface area contributed by atoms with Crippen LogP contribution in [0.3, 0.4) is 0 Å². The molecule has 0 radical (unpaired) electrons. The van der Waals surface area contributed by atoms with Gasteiger partial charge in [0.05, 0.1) is 5.92 Å². The summed E-state index contributed by atoms with van der Waals surface area (Å²) in [4.78, 5) is 23.8. The second-order valence-corrected chi connectivity index (χ2v) is 7.16. The number of hydrogen-bond donors (Lipinski definition) is 2. The van der Waals surface area contributed by atoms with Gasteiger partial charge in [0.1, 0.15) is 0 Å². The quantitative estimate of drug-likeness (QED) is 0.817. The topological polar surface area (TPSA) is 70.6 Å². The molecular weight excluding hydrogens is 278 g/mol. The highest BCUT2D eigenvalue weighted by Gasteiger charge is 2.33. The van der Waals surface area contributed by atoms with Gasteiger partial charge in [-0.25, -0.2) is 5.43 Å². The van der Waals surface area contributed by atoms with Crippen molar-refractivity contribution in [2.75, 3.05) is 6.54 Å². The average Bonchev–Trinajstić information content (AvgIpc) is 2.78. The first kappa shape index (κ1) is 15.5. The summed E-state index contributed by atoms with van der Waals surface area (Å²) in [6.45, 7) is 2.42. The maximum Gasteiger partial charge on any atom is 0.248 e. The largest absolute Gasteiger partial charge is 0.356 e. The monoisotopic (exact) mass is 305 g/mol. The fraction of sp³-hybridized carbons (Fsp3) is 0.824. The molecule has 3 rings (SSSR count). The van der Waals surface area contributed by atoms with Crippen molar-refractivity contribution in [3.63, 3.8) is 0 Å². The molecule has 22 heavy (non-hydrogen) atoms. The molecule has 3 aliphatic rings. The third-order valence-electron chi connectivity index (χ3n) is 5.85. The Morgan fingerprint density at radius 3 is 2.41 bits per heavy atom. The molecule has 0 aromatic carbocycles. The van der Waals surface area contributed by atoms with Gasteiger partial charge in [0.2, 0.25) is 11.8 Å². The van der Waals surface area contributed by atoms with Crippen molar-refractivity contribution in [2.45, 2.75) is 58.3 Å². The van der Waals surface area contributed by atoms with Crippen LogP contribution in [-0.2, 0) is 9.59 Å². The lowest BCUT2D eigenvalue weighted by Gasteiger charge is -2.38. The Bertz CT molecular complexity index is 463. The first-order valence-corrected chi connectivity index (χ1v) is 8.77. The fourth-order valence-corrected chi connectivity index (χ4v) is 4.08. The molecule has 0 aromatic heterocycles. The average molecular weight is 305 g/mol. The minimum atomic E-state index is -0.172. The van der Waals surface area contributed by atoms with E-state index in [1.165, 1.54) is 32.1 Å². The number of hydrogen-bond acceptors (Lipinski definition) is 3. The number of carbonyl (C=O) groups excluding carboxylic acids is 2. The fourth-order valence-electron chi connectivity index (χ4n) is 4.08. The van der Waals surface area contributed by atoms with Crippen LogP contribution in [0.5, 0.6) is 0 Å². The van der Waals surface area contributed by atoms with Gasteiger partial charge in [0.15, 0.2) is 0 Å².